The molecule has 2 aromatic rings. The zero-order valence-corrected chi connectivity index (χ0v) is 18.2. The van der Waals surface area contributed by atoms with Crippen LogP contribution in [0, 0.1) is 0 Å². The summed E-state index contributed by atoms with van der Waals surface area (Å²) < 4.78 is 98.3. The molecule has 0 radical (unpaired) electrons. The predicted molar refractivity (Wildman–Crippen MR) is 110 cm³/mol. The van der Waals surface area contributed by atoms with Gasteiger partial charge in [-0.25, -0.2) is 8.42 Å². The Bertz CT molecular complexity index is 1130. The van der Waals surface area contributed by atoms with Gasteiger partial charge in [0.15, 0.2) is 0 Å². The number of carbonyl (C=O) groups excluding carboxylic acids is 1. The lowest BCUT2D eigenvalue weighted by atomic mass is 9.96. The summed E-state index contributed by atoms with van der Waals surface area (Å²) in [5, 5.41) is 0. The van der Waals surface area contributed by atoms with E-state index in [9.17, 15) is 39.6 Å². The molecule has 3 rings (SSSR count). The molecule has 0 aromatic heterocycles. The number of anilines is 2. The minimum absolute atomic E-state index is 0.0922. The third kappa shape index (κ3) is 5.43. The first-order valence-corrected chi connectivity index (χ1v) is 11.4. The van der Waals surface area contributed by atoms with Crippen LogP contribution in [-0.4, -0.2) is 44.1 Å². The highest BCUT2D eigenvalue weighted by atomic mass is 32.2. The van der Waals surface area contributed by atoms with E-state index in [1.165, 1.54) is 17.0 Å². The number of rotatable bonds is 5. The maximum Gasteiger partial charge on any atom is 0.497 e. The zero-order valence-electron chi connectivity index (χ0n) is 17.4. The number of amides is 1. The van der Waals surface area contributed by atoms with Crippen molar-refractivity contribution in [2.45, 2.75) is 31.1 Å². The lowest BCUT2D eigenvalue weighted by molar-refractivity contribution is -0.137. The van der Waals surface area contributed by atoms with Gasteiger partial charge in [0.1, 0.15) is 0 Å². The standard InChI is InChI=1S/C21H20F6N2O3S/c1-28(16-7-5-15(6-8-16)20(22,23)24)18-4-2-3-14-13-29(11-9-17(14)18)19(30)10-12-33(31,32)21(25,26)27/h2-8H,9-13H2,1H3. The van der Waals surface area contributed by atoms with Gasteiger partial charge in [-0.3, -0.25) is 4.79 Å². The quantitative estimate of drug-likeness (QED) is 0.567. The van der Waals surface area contributed by atoms with Crippen LogP contribution in [0.2, 0.25) is 0 Å². The van der Waals surface area contributed by atoms with Crippen molar-refractivity contribution in [2.75, 3.05) is 24.2 Å². The molecule has 180 valence electrons. The Morgan fingerprint density at radius 1 is 1.03 bits per heavy atom. The second-order valence-corrected chi connectivity index (χ2v) is 9.70. The lowest BCUT2D eigenvalue weighted by Crippen LogP contribution is -2.38. The van der Waals surface area contributed by atoms with E-state index in [2.05, 4.69) is 0 Å². The monoisotopic (exact) mass is 494 g/mol. The van der Waals surface area contributed by atoms with E-state index >= 15 is 0 Å². The van der Waals surface area contributed by atoms with Crippen molar-refractivity contribution in [3.63, 3.8) is 0 Å². The summed E-state index contributed by atoms with van der Waals surface area (Å²) in [6.45, 7) is 0.269. The third-order valence-corrected chi connectivity index (χ3v) is 6.92. The SMILES string of the molecule is CN(c1ccc(C(F)(F)F)cc1)c1cccc2c1CCN(C(=O)CCS(=O)(=O)C(F)(F)F)C2. The number of hydrogen-bond donors (Lipinski definition) is 0. The van der Waals surface area contributed by atoms with Gasteiger partial charge in [-0.05, 0) is 47.9 Å². The average molecular weight is 494 g/mol. The predicted octanol–water partition coefficient (Wildman–Crippen LogP) is 4.68. The first kappa shape index (κ1) is 24.9. The molecule has 5 nitrogen and oxygen atoms in total. The minimum Gasteiger partial charge on any atom is -0.344 e. The highest BCUT2D eigenvalue weighted by Gasteiger charge is 2.45. The number of carbonyl (C=O) groups is 1. The van der Waals surface area contributed by atoms with Crippen molar-refractivity contribution in [1.29, 1.82) is 0 Å². The van der Waals surface area contributed by atoms with Gasteiger partial charge in [-0.2, -0.15) is 26.3 Å². The summed E-state index contributed by atoms with van der Waals surface area (Å²) >= 11 is 0. The number of nitrogens with zero attached hydrogens (tertiary/aromatic N) is 2. The molecule has 0 spiro atoms. The highest BCUT2D eigenvalue weighted by Crippen LogP contribution is 2.35. The van der Waals surface area contributed by atoms with Crippen molar-refractivity contribution >= 4 is 27.1 Å². The number of fused-ring (bicyclic) bond motifs is 1. The van der Waals surface area contributed by atoms with Gasteiger partial charge in [0.05, 0.1) is 11.3 Å². The summed E-state index contributed by atoms with van der Waals surface area (Å²) in [6.07, 6.45) is -4.87. The van der Waals surface area contributed by atoms with Gasteiger partial charge in [-0.1, -0.05) is 12.1 Å². The van der Waals surface area contributed by atoms with Crippen LogP contribution in [0.5, 0.6) is 0 Å². The van der Waals surface area contributed by atoms with Gasteiger partial charge in [0.2, 0.25) is 15.7 Å². The van der Waals surface area contributed by atoms with Crippen LogP contribution in [0.3, 0.4) is 0 Å². The fourth-order valence-corrected chi connectivity index (χ4v) is 4.30. The fraction of sp³-hybridized carbons (Fsp3) is 0.381. The van der Waals surface area contributed by atoms with E-state index in [1.54, 1.807) is 30.1 Å². The summed E-state index contributed by atoms with van der Waals surface area (Å²) in [5.74, 6) is -2.01. The third-order valence-electron chi connectivity index (χ3n) is 5.47. The van der Waals surface area contributed by atoms with E-state index in [-0.39, 0.29) is 13.1 Å². The van der Waals surface area contributed by atoms with Crippen LogP contribution in [-0.2, 0) is 33.8 Å². The molecule has 0 fully saturated rings. The molecule has 0 unspecified atom stereocenters. The summed E-state index contributed by atoms with van der Waals surface area (Å²) in [5.41, 5.74) is -3.35. The van der Waals surface area contributed by atoms with Gasteiger partial charge in [0.25, 0.3) is 0 Å². The Morgan fingerprint density at radius 2 is 1.67 bits per heavy atom. The molecule has 1 aliphatic rings. The molecule has 0 saturated heterocycles. The number of alkyl halides is 6. The van der Waals surface area contributed by atoms with Gasteiger partial charge in [0, 0.05) is 37.9 Å². The summed E-state index contributed by atoms with van der Waals surface area (Å²) in [7, 11) is -3.69. The molecule has 1 heterocycles. The van der Waals surface area contributed by atoms with Crippen LogP contribution in [0.4, 0.5) is 37.7 Å². The average Bonchev–Trinajstić information content (AvgIpc) is 2.75. The molecule has 2 aromatic carbocycles. The van der Waals surface area contributed by atoms with Gasteiger partial charge in [-0.15, -0.1) is 0 Å². The lowest BCUT2D eigenvalue weighted by Gasteiger charge is -2.32. The number of benzene rings is 2. The highest BCUT2D eigenvalue weighted by molar-refractivity contribution is 7.92. The van der Waals surface area contributed by atoms with Crippen LogP contribution >= 0.6 is 0 Å². The van der Waals surface area contributed by atoms with E-state index in [1.807, 2.05) is 0 Å². The van der Waals surface area contributed by atoms with Crippen molar-refractivity contribution in [1.82, 2.24) is 4.90 Å². The Hall–Kier alpha value is -2.76. The Kier molecular flexibility index (Phi) is 6.69. The molecule has 0 bridgehead atoms. The van der Waals surface area contributed by atoms with Crippen LogP contribution in [0.15, 0.2) is 42.5 Å². The maximum atomic E-state index is 12.8. The van der Waals surface area contributed by atoms with Crippen molar-refractivity contribution in [3.05, 3.63) is 59.2 Å². The van der Waals surface area contributed by atoms with Crippen LogP contribution < -0.4 is 4.90 Å². The van der Waals surface area contributed by atoms with Crippen molar-refractivity contribution < 1.29 is 39.6 Å². The second kappa shape index (κ2) is 8.88. The van der Waals surface area contributed by atoms with Crippen LogP contribution in [0.25, 0.3) is 0 Å². The molecule has 12 heteroatoms. The number of hydrogen-bond acceptors (Lipinski definition) is 4. The molecular weight excluding hydrogens is 474 g/mol. The molecule has 1 aliphatic heterocycles. The Balaban J connectivity index is 1.74. The topological polar surface area (TPSA) is 57.7 Å². The van der Waals surface area contributed by atoms with E-state index in [0.717, 1.165) is 28.9 Å². The molecule has 0 saturated carbocycles. The smallest absolute Gasteiger partial charge is 0.344 e. The van der Waals surface area contributed by atoms with Crippen LogP contribution in [0.1, 0.15) is 23.1 Å². The molecule has 1 amide bonds. The number of sulfone groups is 1. The van der Waals surface area contributed by atoms with Gasteiger partial charge < -0.3 is 9.80 Å². The fourth-order valence-electron chi connectivity index (χ4n) is 3.63. The van der Waals surface area contributed by atoms with E-state index in [4.69, 9.17) is 0 Å². The summed E-state index contributed by atoms with van der Waals surface area (Å²) in [4.78, 5) is 15.3. The second-order valence-electron chi connectivity index (χ2n) is 7.60. The number of halogens is 6. The minimum atomic E-state index is -5.40. The van der Waals surface area contributed by atoms with E-state index < -0.39 is 45.2 Å². The summed E-state index contributed by atoms with van der Waals surface area (Å²) in [6, 6.07) is 9.89. The molecule has 0 N–H and O–H groups in total. The Labute approximate surface area is 186 Å². The zero-order chi connectivity index (χ0) is 24.6. The van der Waals surface area contributed by atoms with E-state index in [0.29, 0.717) is 12.1 Å². The first-order valence-electron chi connectivity index (χ1n) is 9.79. The normalized spacial score (nSPS) is 14.7. The van der Waals surface area contributed by atoms with Gasteiger partial charge >= 0.3 is 11.7 Å². The molecule has 33 heavy (non-hydrogen) atoms. The molecule has 0 atom stereocenters. The van der Waals surface area contributed by atoms with Crippen molar-refractivity contribution in [2.24, 2.45) is 0 Å². The van der Waals surface area contributed by atoms with Crippen molar-refractivity contribution in [3.8, 4) is 0 Å². The molecule has 0 aliphatic carbocycles. The molecular formula is C21H20F6N2O3S. The maximum absolute atomic E-state index is 12.8. The largest absolute Gasteiger partial charge is 0.497 e. The Morgan fingerprint density at radius 3 is 2.24 bits per heavy atom. The first-order chi connectivity index (χ1) is 15.2.